The molecule has 1 aliphatic carbocycles. The quantitative estimate of drug-likeness (QED) is 0.844. The normalized spacial score (nSPS) is 16.1. The lowest BCUT2D eigenvalue weighted by molar-refractivity contribution is 0.379. The highest BCUT2D eigenvalue weighted by Gasteiger charge is 2.22. The summed E-state index contributed by atoms with van der Waals surface area (Å²) >= 11 is 0. The molecule has 0 atom stereocenters. The summed E-state index contributed by atoms with van der Waals surface area (Å²) in [6.45, 7) is 12.5. The van der Waals surface area contributed by atoms with Gasteiger partial charge in [0.1, 0.15) is 0 Å². The van der Waals surface area contributed by atoms with E-state index in [2.05, 4.69) is 58.1 Å². The molecule has 0 amide bonds. The average molecular weight is 273 g/mol. The third-order valence-electron chi connectivity index (χ3n) is 4.54. The molecule has 20 heavy (non-hydrogen) atoms. The molecule has 112 valence electrons. The number of benzene rings is 1. The summed E-state index contributed by atoms with van der Waals surface area (Å²) in [7, 11) is 0. The van der Waals surface area contributed by atoms with Crippen LogP contribution in [0.5, 0.6) is 0 Å². The fraction of sp³-hybridized carbons (Fsp3) is 0.684. The predicted molar refractivity (Wildman–Crippen MR) is 88.5 cm³/mol. The number of hydrogen-bond donors (Lipinski definition) is 1. The molecule has 0 bridgehead atoms. The molecule has 0 saturated carbocycles. The van der Waals surface area contributed by atoms with Crippen LogP contribution in [0.4, 0.5) is 0 Å². The van der Waals surface area contributed by atoms with Crippen LogP contribution in [0.3, 0.4) is 0 Å². The second-order valence-corrected chi connectivity index (χ2v) is 8.00. The van der Waals surface area contributed by atoms with Gasteiger partial charge in [-0.1, -0.05) is 32.0 Å². The first-order valence-electron chi connectivity index (χ1n) is 8.15. The zero-order chi connectivity index (χ0) is 14.8. The van der Waals surface area contributed by atoms with Crippen molar-refractivity contribution in [3.63, 3.8) is 0 Å². The van der Waals surface area contributed by atoms with Gasteiger partial charge in [0.2, 0.25) is 0 Å². The Morgan fingerprint density at radius 2 is 1.60 bits per heavy atom. The lowest BCUT2D eigenvalue weighted by atomic mass is 9.78. The molecule has 1 heteroatoms. The van der Waals surface area contributed by atoms with Crippen LogP contribution < -0.4 is 5.32 Å². The molecule has 0 aromatic heterocycles. The number of hydrogen-bond acceptors (Lipinski definition) is 1. The molecular formula is C19H31N. The van der Waals surface area contributed by atoms with Crippen molar-refractivity contribution in [2.24, 2.45) is 0 Å². The van der Waals surface area contributed by atoms with Crippen LogP contribution in [0.1, 0.15) is 70.6 Å². The average Bonchev–Trinajstić information content (AvgIpc) is 2.36. The second kappa shape index (κ2) is 5.89. The highest BCUT2D eigenvalue weighted by molar-refractivity contribution is 5.37. The highest BCUT2D eigenvalue weighted by Crippen LogP contribution is 2.31. The Hall–Kier alpha value is -0.820. The van der Waals surface area contributed by atoms with Crippen molar-refractivity contribution in [1.82, 2.24) is 5.32 Å². The zero-order valence-corrected chi connectivity index (χ0v) is 14.0. The van der Waals surface area contributed by atoms with Gasteiger partial charge in [0.25, 0.3) is 0 Å². The van der Waals surface area contributed by atoms with Crippen molar-refractivity contribution in [3.8, 4) is 0 Å². The van der Waals surface area contributed by atoms with Crippen LogP contribution in [0.2, 0.25) is 0 Å². The Kier molecular flexibility index (Phi) is 4.59. The maximum atomic E-state index is 3.61. The minimum absolute atomic E-state index is 0.214. The SMILES string of the molecule is CC(C)(C)NCCC(C)(C)c1ccc2c(c1)CCCC2. The zero-order valence-electron chi connectivity index (χ0n) is 14.0. The molecular weight excluding hydrogens is 242 g/mol. The summed E-state index contributed by atoms with van der Waals surface area (Å²) in [6.07, 6.45) is 6.47. The van der Waals surface area contributed by atoms with Crippen molar-refractivity contribution >= 4 is 0 Å². The lowest BCUT2D eigenvalue weighted by Gasteiger charge is -2.30. The number of aryl methyl sites for hydroxylation is 2. The molecule has 1 nitrogen and oxygen atoms in total. The summed E-state index contributed by atoms with van der Waals surface area (Å²) in [5.41, 5.74) is 5.17. The molecule has 0 radical (unpaired) electrons. The Bertz CT molecular complexity index is 451. The first kappa shape index (κ1) is 15.6. The Morgan fingerprint density at radius 1 is 0.950 bits per heavy atom. The molecule has 0 unspecified atom stereocenters. The van der Waals surface area contributed by atoms with E-state index in [1.54, 1.807) is 11.1 Å². The van der Waals surface area contributed by atoms with Crippen molar-refractivity contribution in [2.75, 3.05) is 6.54 Å². The number of fused-ring (bicyclic) bond motifs is 1. The Labute approximate surface area is 125 Å². The van der Waals surface area contributed by atoms with Gasteiger partial charge in [-0.3, -0.25) is 0 Å². The van der Waals surface area contributed by atoms with Crippen molar-refractivity contribution in [2.45, 2.75) is 77.7 Å². The van der Waals surface area contributed by atoms with E-state index >= 15 is 0 Å². The summed E-state index contributed by atoms with van der Waals surface area (Å²) < 4.78 is 0. The van der Waals surface area contributed by atoms with E-state index in [1.807, 2.05) is 0 Å². The molecule has 2 rings (SSSR count). The summed E-state index contributed by atoms with van der Waals surface area (Å²) in [4.78, 5) is 0. The topological polar surface area (TPSA) is 12.0 Å². The molecule has 0 fully saturated rings. The molecule has 0 aliphatic heterocycles. The molecule has 1 aromatic rings. The summed E-state index contributed by atoms with van der Waals surface area (Å²) in [5, 5.41) is 3.61. The van der Waals surface area contributed by atoms with Crippen molar-refractivity contribution in [1.29, 1.82) is 0 Å². The van der Waals surface area contributed by atoms with Gasteiger partial charge in [-0.25, -0.2) is 0 Å². The van der Waals surface area contributed by atoms with Crippen LogP contribution in [-0.2, 0) is 18.3 Å². The van der Waals surface area contributed by atoms with Gasteiger partial charge >= 0.3 is 0 Å². The molecule has 0 saturated heterocycles. The van der Waals surface area contributed by atoms with E-state index < -0.39 is 0 Å². The van der Waals surface area contributed by atoms with Gasteiger partial charge in [-0.2, -0.15) is 0 Å². The molecule has 1 aromatic carbocycles. The third-order valence-corrected chi connectivity index (χ3v) is 4.54. The number of nitrogens with one attached hydrogen (secondary N) is 1. The van der Waals surface area contributed by atoms with Crippen molar-refractivity contribution < 1.29 is 0 Å². The van der Waals surface area contributed by atoms with Crippen LogP contribution in [0.15, 0.2) is 18.2 Å². The highest BCUT2D eigenvalue weighted by atomic mass is 14.9. The third kappa shape index (κ3) is 4.09. The van der Waals surface area contributed by atoms with E-state index in [9.17, 15) is 0 Å². The maximum absolute atomic E-state index is 3.61. The Morgan fingerprint density at radius 3 is 2.25 bits per heavy atom. The van der Waals surface area contributed by atoms with Crippen molar-refractivity contribution in [3.05, 3.63) is 34.9 Å². The van der Waals surface area contributed by atoms with E-state index in [-0.39, 0.29) is 11.0 Å². The fourth-order valence-corrected chi connectivity index (χ4v) is 3.05. The summed E-state index contributed by atoms with van der Waals surface area (Å²) in [5.74, 6) is 0. The molecule has 1 aliphatic rings. The standard InChI is InChI=1S/C19H31N/c1-18(2,3)20-13-12-19(4,5)17-11-10-15-8-6-7-9-16(15)14-17/h10-11,14,20H,6-9,12-13H2,1-5H3. The largest absolute Gasteiger partial charge is 0.312 e. The van der Waals surface area contributed by atoms with E-state index in [4.69, 9.17) is 0 Å². The lowest BCUT2D eigenvalue weighted by Crippen LogP contribution is -2.38. The minimum Gasteiger partial charge on any atom is -0.312 e. The smallest absolute Gasteiger partial charge is 0.00965 e. The van der Waals surface area contributed by atoms with E-state index in [0.717, 1.165) is 6.54 Å². The maximum Gasteiger partial charge on any atom is 0.00965 e. The van der Waals surface area contributed by atoms with Gasteiger partial charge in [0.05, 0.1) is 0 Å². The predicted octanol–water partition coefficient (Wildman–Crippen LogP) is 4.62. The van der Waals surface area contributed by atoms with Gasteiger partial charge in [0, 0.05) is 5.54 Å². The minimum atomic E-state index is 0.214. The Balaban J connectivity index is 2.05. The fourth-order valence-electron chi connectivity index (χ4n) is 3.05. The van der Waals surface area contributed by atoms with E-state index in [1.165, 1.54) is 37.7 Å². The van der Waals surface area contributed by atoms with Gasteiger partial charge in [-0.15, -0.1) is 0 Å². The first-order valence-corrected chi connectivity index (χ1v) is 8.15. The van der Waals surface area contributed by atoms with Gasteiger partial charge < -0.3 is 5.32 Å². The van der Waals surface area contributed by atoms with Crippen LogP contribution in [0, 0.1) is 0 Å². The van der Waals surface area contributed by atoms with Gasteiger partial charge in [0.15, 0.2) is 0 Å². The van der Waals surface area contributed by atoms with Crippen LogP contribution in [-0.4, -0.2) is 12.1 Å². The van der Waals surface area contributed by atoms with Gasteiger partial charge in [-0.05, 0) is 81.5 Å². The number of rotatable bonds is 4. The summed E-state index contributed by atoms with van der Waals surface area (Å²) in [6, 6.07) is 7.22. The van der Waals surface area contributed by atoms with Crippen LogP contribution in [0.25, 0.3) is 0 Å². The molecule has 1 N–H and O–H groups in total. The first-order chi connectivity index (χ1) is 9.28. The monoisotopic (exact) mass is 273 g/mol. The van der Waals surface area contributed by atoms with Crippen LogP contribution >= 0.6 is 0 Å². The van der Waals surface area contributed by atoms with E-state index in [0.29, 0.717) is 0 Å². The second-order valence-electron chi connectivity index (χ2n) is 8.00. The molecule has 0 spiro atoms. The molecule has 0 heterocycles.